The molecule has 0 spiro atoms. The van der Waals surface area contributed by atoms with E-state index in [0.29, 0.717) is 116 Å². The molecular weight excluding hydrogens is 1920 g/mol. The van der Waals surface area contributed by atoms with Crippen LogP contribution in [0, 0.1) is 65.1 Å². The fourth-order valence-corrected chi connectivity index (χ4v) is 16.7. The van der Waals surface area contributed by atoms with Gasteiger partial charge in [0.1, 0.15) is 35.7 Å². The molecule has 0 aromatic heterocycles. The van der Waals surface area contributed by atoms with Crippen LogP contribution in [0.3, 0.4) is 0 Å². The molecule has 3 heterocycles. The molecule has 144 heavy (non-hydrogen) atoms. The average Bonchev–Trinajstić information content (AvgIpc) is 1.21. The van der Waals surface area contributed by atoms with Crippen molar-refractivity contribution in [1.29, 1.82) is 0 Å². The monoisotopic (exact) mass is 2070 g/mol. The molecular formula is C96H153N16O30S2-. The number of carbonyl (C=O) groups excluding carboxylic acids is 23. The van der Waals surface area contributed by atoms with Gasteiger partial charge in [-0.3, -0.25) is 111 Å². The van der Waals surface area contributed by atoms with Crippen molar-refractivity contribution in [2.45, 2.75) is 288 Å². The Morgan fingerprint density at radius 1 is 0.354 bits per heavy atom. The molecule has 0 bridgehead atoms. The smallest absolute Gasteiger partial charge is 0.312 e. The van der Waals surface area contributed by atoms with Crippen LogP contribution in [0.25, 0.3) is 0 Å². The molecule has 3 aliphatic heterocycles. The van der Waals surface area contributed by atoms with E-state index in [-0.39, 0.29) is 171 Å². The number of sulfone groups is 1. The van der Waals surface area contributed by atoms with E-state index in [1.165, 1.54) is 24.3 Å². The van der Waals surface area contributed by atoms with Crippen LogP contribution in [-0.2, 0) is 116 Å². The number of nitrogens with zero attached hydrogens (tertiary/aromatic N) is 3. The third kappa shape index (κ3) is 55.9. The number of nitrogens with one attached hydrogen (secondary N) is 9. The molecule has 0 fully saturated rings. The van der Waals surface area contributed by atoms with Crippen molar-refractivity contribution in [2.75, 3.05) is 57.3 Å². The Balaban J connectivity index is 0.00000191. The first-order valence-corrected chi connectivity index (χ1v) is 51.9. The second-order valence-electron chi connectivity index (χ2n) is 37.7. The van der Waals surface area contributed by atoms with Gasteiger partial charge in [0.05, 0.1) is 52.2 Å². The molecule has 0 saturated carbocycles. The second-order valence-corrected chi connectivity index (χ2v) is 41.2. The summed E-state index contributed by atoms with van der Waals surface area (Å²) in [6.07, 6.45) is 13.2. The molecule has 0 saturated heterocycles. The van der Waals surface area contributed by atoms with Crippen molar-refractivity contribution in [3.63, 3.8) is 0 Å². The first-order chi connectivity index (χ1) is 67.1. The van der Waals surface area contributed by atoms with Gasteiger partial charge >= 0.3 is 30.1 Å². The number of carbonyl (C=O) groups is 24. The number of Topliss-reactive ketones (excluding diaryl/α,β-unsaturated/α-hetero) is 8. The summed E-state index contributed by atoms with van der Waals surface area (Å²) in [4.78, 5) is 292. The highest BCUT2D eigenvalue weighted by molar-refractivity contribution is 7.94. The maximum absolute atomic E-state index is 13.3. The number of nitrogens with two attached hydrogens (primary N) is 4. The molecule has 0 aromatic rings. The van der Waals surface area contributed by atoms with Gasteiger partial charge in [-0.05, 0) is 108 Å². The number of carboxylic acids is 1. The topological polar surface area (TPSA) is 743 Å². The zero-order valence-corrected chi connectivity index (χ0v) is 86.9. The van der Waals surface area contributed by atoms with Gasteiger partial charge in [-0.15, -0.1) is 0 Å². The molecule has 0 aliphatic carbocycles. The molecule has 19 amide bonds. The number of aliphatic carboxylic acids is 1. The van der Waals surface area contributed by atoms with Gasteiger partial charge in [0.15, 0.2) is 33.0 Å². The van der Waals surface area contributed by atoms with Crippen molar-refractivity contribution < 1.29 is 142 Å². The first-order valence-electron chi connectivity index (χ1n) is 48.6. The Hall–Kier alpha value is -12.5. The fraction of sp³-hybridized carbons (Fsp3) is 0.667. The van der Waals surface area contributed by atoms with Gasteiger partial charge in [-0.2, -0.15) is 0 Å². The van der Waals surface area contributed by atoms with Crippen molar-refractivity contribution in [2.24, 2.45) is 88.0 Å². The van der Waals surface area contributed by atoms with E-state index in [2.05, 4.69) is 54.4 Å². The van der Waals surface area contributed by atoms with Gasteiger partial charge < -0.3 is 80.4 Å². The number of amides is 19. The predicted octanol–water partition coefficient (Wildman–Crippen LogP) is 3.37. The fourth-order valence-electron chi connectivity index (χ4n) is 15.3. The quantitative estimate of drug-likeness (QED) is 0.0236. The average molecular weight is 2080 g/mol. The van der Waals surface area contributed by atoms with Gasteiger partial charge in [-0.25, -0.2) is 36.0 Å². The minimum Gasteiger partial charge on any atom is -0.748 e. The summed E-state index contributed by atoms with van der Waals surface area (Å²) in [5, 5.41) is 32.4. The Labute approximate surface area is 842 Å². The number of rotatable bonds is 70. The van der Waals surface area contributed by atoms with E-state index in [1.807, 2.05) is 13.8 Å². The van der Waals surface area contributed by atoms with E-state index in [9.17, 15) is 142 Å². The highest BCUT2D eigenvalue weighted by atomic mass is 32.2. The van der Waals surface area contributed by atoms with Crippen LogP contribution in [0.1, 0.15) is 257 Å². The van der Waals surface area contributed by atoms with E-state index >= 15 is 0 Å². The van der Waals surface area contributed by atoms with Crippen LogP contribution in [0.5, 0.6) is 0 Å². The first kappa shape index (κ1) is 132. The molecule has 18 N–H and O–H groups in total. The summed E-state index contributed by atoms with van der Waals surface area (Å²) in [5.74, 6) is -14.9. The van der Waals surface area contributed by atoms with Gasteiger partial charge in [0.2, 0.25) is 29.5 Å². The number of urea groups is 4. The van der Waals surface area contributed by atoms with Crippen molar-refractivity contribution in [3.05, 3.63) is 48.4 Å². The number of hydrogen-bond acceptors (Lipinski definition) is 29. The molecule has 48 heteroatoms. The lowest BCUT2D eigenvalue weighted by molar-refractivity contribution is -0.142. The Bertz CT molecular complexity index is 4740. The largest absolute Gasteiger partial charge is 0.748 e. The summed E-state index contributed by atoms with van der Waals surface area (Å²) in [5.41, 5.74) is 20.2. The molecule has 0 unspecified atom stereocenters. The lowest BCUT2D eigenvalue weighted by Gasteiger charge is -2.27. The normalized spacial score (nSPS) is 14.7. The zero-order valence-electron chi connectivity index (χ0n) is 85.3. The molecule has 3 rings (SSSR count). The van der Waals surface area contributed by atoms with E-state index < -0.39 is 187 Å². The van der Waals surface area contributed by atoms with E-state index in [4.69, 9.17) is 22.9 Å². The molecule has 0 aromatic carbocycles. The summed E-state index contributed by atoms with van der Waals surface area (Å²) in [6, 6.07) is -8.46. The van der Waals surface area contributed by atoms with Gasteiger partial charge in [-0.1, -0.05) is 123 Å². The van der Waals surface area contributed by atoms with Crippen LogP contribution in [0.2, 0.25) is 0 Å². The standard InChI is InChI=1S/C28H45N5O10S.C24H36N4O8.C23H41N3O6S.C21H32N4O6/c1-17(2)25(21(34)15-19(26(38)18(3)4)9-8-13-30-28(29)40)32-27(39)20(16-44(41,42)43)31-22(35)10-6-5-7-14-33-23(36)11-12-24(33)37;1-15(2)23(35)16(7-6-11-26-24(25)36)13-18(29)17(14-22(33)34)27-19(30)8-4-3-5-12-28-20(31)9-10-21(28)32;1-6-33(31,32)14-9-7-8-12-20(28)26-21(16(2)3)19(27)15-18(22(29)17(4)5)11-10-13-25-23(24)30;1-12(2)19(24-16(27)11-25-17(28)7-8-18(25)29)15(26)10-14(20(30)13(3)4)6-5-9-23-21(22)31/h11-12,17-20,25H,5-10,13-16H2,1-4H3,(H,31,35)(H,32,39)(H3,29,30,40)(H,41,42,43);9-10,15-17H,3-8,11-14H2,1-2H3,(H,27,30)(H,33,34)(H3,25,26,36);6,16-18,21H,1,7-15H2,2-5H3,(H,26,28)(H3,24,25,30);7-8,12-14,19H,5-6,9-11H2,1-4H3,(H,24,27)(H3,22,23,31)/p-1/t19-,20+,25+;16-,17+;18-,21+;14-,19+/m0100/s1. The van der Waals surface area contributed by atoms with Crippen LogP contribution in [-0.4, -0.2) is 270 Å². The highest BCUT2D eigenvalue weighted by Gasteiger charge is 2.38. The summed E-state index contributed by atoms with van der Waals surface area (Å²) in [7, 11) is -8.20. The SMILES string of the molecule is C=CS(=O)(=O)CCCCCC(=O)N[C@@H](C(=O)C[C@H](CCCNC(N)=O)C(=O)C(C)C)C(C)C.CC(C)C(=O)[C@@H](CCCNC(N)=O)CC(=O)[C@H](NC(=O)CN1C(=O)C=CC1=O)C(C)C.CC(C)C(=O)[C@@H](CCCNC(N)=O)CC(=O)[C@H](NC(=O)[C@@H](CS(=O)(=O)[O-])NC(=O)CCCCCN1C(=O)C=CC1=O)C(C)C.CC(C)C(=O)[C@H](CCCNC(N)=O)CC(=O)[C@H](CC(=O)O)NC(=O)CCCCCN1C(=O)C=CC1=O. The number of imide groups is 3. The third-order valence-corrected chi connectivity index (χ3v) is 25.2. The van der Waals surface area contributed by atoms with Crippen LogP contribution >= 0.6 is 0 Å². The number of ketones is 8. The summed E-state index contributed by atoms with van der Waals surface area (Å²) in [6.45, 7) is 28.5. The summed E-state index contributed by atoms with van der Waals surface area (Å²) < 4.78 is 57.4. The lowest BCUT2D eigenvalue weighted by atomic mass is 9.84. The Morgan fingerprint density at radius 3 is 0.903 bits per heavy atom. The Kier molecular flexibility index (Phi) is 62.7. The van der Waals surface area contributed by atoms with Crippen molar-refractivity contribution >= 4 is 161 Å². The lowest BCUT2D eigenvalue weighted by Crippen LogP contribution is -2.55. The van der Waals surface area contributed by atoms with Crippen LogP contribution in [0.15, 0.2) is 48.4 Å². The van der Waals surface area contributed by atoms with Gasteiger partial charge in [0.25, 0.3) is 35.4 Å². The third-order valence-electron chi connectivity index (χ3n) is 23.0. The molecule has 3 aliphatic rings. The zero-order chi connectivity index (χ0) is 110. The number of unbranched alkanes of at least 4 members (excludes halogenated alkanes) is 6. The number of hydrogen-bond donors (Lipinski definition) is 14. The number of primary amides is 4. The number of carboxylic acid groups (broad SMARTS) is 1. The predicted molar refractivity (Wildman–Crippen MR) is 527 cm³/mol. The van der Waals surface area contributed by atoms with Crippen molar-refractivity contribution in [3.8, 4) is 0 Å². The maximum Gasteiger partial charge on any atom is 0.312 e. The van der Waals surface area contributed by atoms with Gasteiger partial charge in [0, 0.05) is 173 Å². The van der Waals surface area contributed by atoms with Crippen LogP contribution < -0.4 is 70.8 Å². The molecule has 46 nitrogen and oxygen atoms in total. The molecule has 9 atom stereocenters. The van der Waals surface area contributed by atoms with Crippen LogP contribution in [0.4, 0.5) is 19.2 Å². The van der Waals surface area contributed by atoms with Crippen molar-refractivity contribution in [1.82, 2.24) is 62.6 Å². The molecule has 0 radical (unpaired) electrons. The maximum atomic E-state index is 13.3. The molecule has 810 valence electrons. The summed E-state index contributed by atoms with van der Waals surface area (Å²) >= 11 is 0. The second kappa shape index (κ2) is 68.7. The minimum atomic E-state index is -4.97. The van der Waals surface area contributed by atoms with E-state index in [1.54, 1.807) is 83.1 Å². The minimum absolute atomic E-state index is 0.00541. The highest BCUT2D eigenvalue weighted by Crippen LogP contribution is 2.26. The Morgan fingerprint density at radius 2 is 0.625 bits per heavy atom. The van der Waals surface area contributed by atoms with E-state index in [0.717, 1.165) is 32.3 Å².